The summed E-state index contributed by atoms with van der Waals surface area (Å²) in [6, 6.07) is 14.0. The van der Waals surface area contributed by atoms with Crippen molar-refractivity contribution in [2.45, 2.75) is 19.4 Å². The number of nitrogens with one attached hydrogen (secondary N) is 2. The molecule has 0 bridgehead atoms. The van der Waals surface area contributed by atoms with Gasteiger partial charge in [-0.25, -0.2) is 4.98 Å². The van der Waals surface area contributed by atoms with Gasteiger partial charge < -0.3 is 15.0 Å². The standard InChI is InChI=1S/C19H20N4O2/c1-14(21-19(25)15-7-3-2-4-8-15)18(24)20-11-10-16-13-23-12-6-5-9-17(23)22-16/h2-9,12-14H,10-11H2,1H3,(H,20,24)(H,21,25). The third-order valence-electron chi connectivity index (χ3n) is 3.87. The van der Waals surface area contributed by atoms with Crippen LogP contribution in [0.2, 0.25) is 0 Å². The summed E-state index contributed by atoms with van der Waals surface area (Å²) in [4.78, 5) is 28.7. The van der Waals surface area contributed by atoms with Gasteiger partial charge in [0.25, 0.3) is 5.91 Å². The molecule has 6 heteroatoms. The number of hydrogen-bond acceptors (Lipinski definition) is 3. The van der Waals surface area contributed by atoms with Crippen LogP contribution in [0, 0.1) is 0 Å². The van der Waals surface area contributed by atoms with Crippen molar-refractivity contribution in [3.8, 4) is 0 Å². The van der Waals surface area contributed by atoms with Crippen molar-refractivity contribution < 1.29 is 9.59 Å². The molecule has 1 aromatic carbocycles. The molecule has 2 aromatic heterocycles. The topological polar surface area (TPSA) is 75.5 Å². The predicted molar refractivity (Wildman–Crippen MR) is 95.3 cm³/mol. The zero-order valence-electron chi connectivity index (χ0n) is 14.0. The highest BCUT2D eigenvalue weighted by Gasteiger charge is 2.16. The zero-order valence-corrected chi connectivity index (χ0v) is 14.0. The number of fused-ring (bicyclic) bond motifs is 1. The summed E-state index contributed by atoms with van der Waals surface area (Å²) < 4.78 is 1.94. The summed E-state index contributed by atoms with van der Waals surface area (Å²) in [5, 5.41) is 5.52. The Hall–Kier alpha value is -3.15. The van der Waals surface area contributed by atoms with E-state index in [2.05, 4.69) is 15.6 Å². The SMILES string of the molecule is CC(NC(=O)c1ccccc1)C(=O)NCCc1cn2ccccc2n1. The first kappa shape index (κ1) is 16.7. The monoisotopic (exact) mass is 336 g/mol. The van der Waals surface area contributed by atoms with Gasteiger partial charge in [0, 0.05) is 30.9 Å². The van der Waals surface area contributed by atoms with Gasteiger partial charge in [-0.1, -0.05) is 24.3 Å². The first-order valence-corrected chi connectivity index (χ1v) is 8.20. The van der Waals surface area contributed by atoms with Crippen LogP contribution in [0.15, 0.2) is 60.9 Å². The van der Waals surface area contributed by atoms with Crippen molar-refractivity contribution in [2.24, 2.45) is 0 Å². The summed E-state index contributed by atoms with van der Waals surface area (Å²) in [7, 11) is 0. The second kappa shape index (κ2) is 7.61. The molecule has 0 aliphatic rings. The highest BCUT2D eigenvalue weighted by Crippen LogP contribution is 2.04. The molecular formula is C19H20N4O2. The van der Waals surface area contributed by atoms with Crippen LogP contribution in [0.3, 0.4) is 0 Å². The fourth-order valence-electron chi connectivity index (χ4n) is 2.51. The second-order valence-corrected chi connectivity index (χ2v) is 5.80. The van der Waals surface area contributed by atoms with E-state index in [9.17, 15) is 9.59 Å². The van der Waals surface area contributed by atoms with Crippen LogP contribution in [0.25, 0.3) is 5.65 Å². The molecule has 3 aromatic rings. The van der Waals surface area contributed by atoms with E-state index in [1.165, 1.54) is 0 Å². The van der Waals surface area contributed by atoms with E-state index < -0.39 is 6.04 Å². The van der Waals surface area contributed by atoms with E-state index in [1.807, 2.05) is 41.1 Å². The molecule has 1 unspecified atom stereocenters. The normalized spacial score (nSPS) is 11.9. The van der Waals surface area contributed by atoms with Crippen LogP contribution in [-0.4, -0.2) is 33.8 Å². The lowest BCUT2D eigenvalue weighted by Gasteiger charge is -2.13. The molecule has 0 saturated carbocycles. The first-order chi connectivity index (χ1) is 12.1. The van der Waals surface area contributed by atoms with Gasteiger partial charge in [0.2, 0.25) is 5.91 Å². The Bertz CT molecular complexity index is 840. The number of carbonyl (C=O) groups excluding carboxylic acids is 2. The second-order valence-electron chi connectivity index (χ2n) is 5.80. The molecule has 0 fully saturated rings. The van der Waals surface area contributed by atoms with Gasteiger partial charge in [-0.2, -0.15) is 0 Å². The Morgan fingerprint density at radius 3 is 2.64 bits per heavy atom. The molecule has 1 atom stereocenters. The van der Waals surface area contributed by atoms with Gasteiger partial charge >= 0.3 is 0 Å². The highest BCUT2D eigenvalue weighted by atomic mass is 16.2. The summed E-state index contributed by atoms with van der Waals surface area (Å²) in [5.74, 6) is -0.475. The van der Waals surface area contributed by atoms with Crippen molar-refractivity contribution >= 4 is 17.5 Å². The lowest BCUT2D eigenvalue weighted by molar-refractivity contribution is -0.122. The van der Waals surface area contributed by atoms with Crippen molar-refractivity contribution in [1.82, 2.24) is 20.0 Å². The van der Waals surface area contributed by atoms with E-state index >= 15 is 0 Å². The third kappa shape index (κ3) is 4.23. The van der Waals surface area contributed by atoms with Crippen LogP contribution in [0.1, 0.15) is 23.0 Å². The van der Waals surface area contributed by atoms with Crippen molar-refractivity contribution in [3.05, 3.63) is 72.2 Å². The quantitative estimate of drug-likeness (QED) is 0.721. The molecule has 0 radical (unpaired) electrons. The summed E-state index contributed by atoms with van der Waals surface area (Å²) in [6.07, 6.45) is 4.51. The Kier molecular flexibility index (Phi) is 5.09. The Balaban J connectivity index is 1.47. The maximum absolute atomic E-state index is 12.1. The van der Waals surface area contributed by atoms with Crippen molar-refractivity contribution in [1.29, 1.82) is 0 Å². The van der Waals surface area contributed by atoms with E-state index in [1.54, 1.807) is 31.2 Å². The van der Waals surface area contributed by atoms with Gasteiger partial charge in [0.05, 0.1) is 5.69 Å². The van der Waals surface area contributed by atoms with Crippen LogP contribution >= 0.6 is 0 Å². The molecule has 0 saturated heterocycles. The Labute approximate surface area is 145 Å². The first-order valence-electron chi connectivity index (χ1n) is 8.20. The molecule has 128 valence electrons. The molecule has 6 nitrogen and oxygen atoms in total. The van der Waals surface area contributed by atoms with Gasteiger partial charge in [0.15, 0.2) is 0 Å². The molecule has 0 spiro atoms. The van der Waals surface area contributed by atoms with Crippen LogP contribution < -0.4 is 10.6 Å². The Morgan fingerprint density at radius 1 is 1.12 bits per heavy atom. The number of amides is 2. The number of benzene rings is 1. The number of carbonyl (C=O) groups is 2. The molecular weight excluding hydrogens is 316 g/mol. The maximum Gasteiger partial charge on any atom is 0.251 e. The van der Waals surface area contributed by atoms with Crippen LogP contribution in [0.5, 0.6) is 0 Å². The van der Waals surface area contributed by atoms with Crippen LogP contribution in [0.4, 0.5) is 0 Å². The van der Waals surface area contributed by atoms with Crippen LogP contribution in [-0.2, 0) is 11.2 Å². The van der Waals surface area contributed by atoms with E-state index in [4.69, 9.17) is 0 Å². The number of pyridine rings is 1. The minimum Gasteiger partial charge on any atom is -0.354 e. The van der Waals surface area contributed by atoms with E-state index in [0.29, 0.717) is 18.5 Å². The number of imidazole rings is 1. The number of aromatic nitrogens is 2. The summed E-state index contributed by atoms with van der Waals surface area (Å²) >= 11 is 0. The minimum absolute atomic E-state index is 0.215. The third-order valence-corrected chi connectivity index (χ3v) is 3.87. The molecule has 25 heavy (non-hydrogen) atoms. The fourth-order valence-corrected chi connectivity index (χ4v) is 2.51. The molecule has 0 aliphatic carbocycles. The summed E-state index contributed by atoms with van der Waals surface area (Å²) in [6.45, 7) is 2.13. The summed E-state index contributed by atoms with van der Waals surface area (Å²) in [5.41, 5.74) is 2.33. The van der Waals surface area contributed by atoms with Gasteiger partial charge in [-0.15, -0.1) is 0 Å². The lowest BCUT2D eigenvalue weighted by atomic mass is 10.2. The molecule has 2 heterocycles. The van der Waals surface area contributed by atoms with Crippen molar-refractivity contribution in [3.63, 3.8) is 0 Å². The highest BCUT2D eigenvalue weighted by molar-refractivity contribution is 5.97. The maximum atomic E-state index is 12.1. The largest absolute Gasteiger partial charge is 0.354 e. The van der Waals surface area contributed by atoms with Gasteiger partial charge in [0.1, 0.15) is 11.7 Å². The predicted octanol–water partition coefficient (Wildman–Crippen LogP) is 1.81. The van der Waals surface area contributed by atoms with Gasteiger partial charge in [-0.3, -0.25) is 9.59 Å². The van der Waals surface area contributed by atoms with E-state index in [-0.39, 0.29) is 11.8 Å². The number of nitrogens with zero attached hydrogens (tertiary/aromatic N) is 2. The number of rotatable bonds is 6. The molecule has 0 aliphatic heterocycles. The van der Waals surface area contributed by atoms with Crippen molar-refractivity contribution in [2.75, 3.05) is 6.54 Å². The fraction of sp³-hybridized carbons (Fsp3) is 0.211. The molecule has 3 rings (SSSR count). The van der Waals surface area contributed by atoms with E-state index in [0.717, 1.165) is 11.3 Å². The molecule has 2 amide bonds. The lowest BCUT2D eigenvalue weighted by Crippen LogP contribution is -2.45. The number of hydrogen-bond donors (Lipinski definition) is 2. The average molecular weight is 336 g/mol. The average Bonchev–Trinajstić information content (AvgIpc) is 3.05. The minimum atomic E-state index is -0.603. The van der Waals surface area contributed by atoms with Gasteiger partial charge in [-0.05, 0) is 31.2 Å². The smallest absolute Gasteiger partial charge is 0.251 e. The molecule has 2 N–H and O–H groups in total. The zero-order chi connectivity index (χ0) is 17.6. The Morgan fingerprint density at radius 2 is 1.88 bits per heavy atom.